The molecule has 98 valence electrons. The summed E-state index contributed by atoms with van der Waals surface area (Å²) >= 11 is 5.73. The zero-order chi connectivity index (χ0) is 13.4. The number of amides is 3. The molecule has 0 aliphatic rings. The van der Waals surface area contributed by atoms with E-state index in [2.05, 4.69) is 21.0 Å². The summed E-state index contributed by atoms with van der Waals surface area (Å²) in [6.07, 6.45) is 0. The molecule has 0 aliphatic carbocycles. The molecule has 3 amide bonds. The van der Waals surface area contributed by atoms with E-state index in [1.54, 1.807) is 24.3 Å². The standard InChI is InChI=1S/C11H14ClN3O3/c1-18-15-10(16)7-14-11(17)13-6-8-2-4-9(12)5-3-8/h2-5H,6-7H2,1H3,(H,15,16)(H2,13,14,17). The average molecular weight is 272 g/mol. The lowest BCUT2D eigenvalue weighted by Crippen LogP contribution is -2.41. The quantitative estimate of drug-likeness (QED) is 0.694. The van der Waals surface area contributed by atoms with Crippen LogP contribution in [-0.2, 0) is 16.2 Å². The fourth-order valence-corrected chi connectivity index (χ4v) is 1.28. The van der Waals surface area contributed by atoms with Gasteiger partial charge in [0.05, 0.1) is 7.11 Å². The van der Waals surface area contributed by atoms with Crippen LogP contribution in [0.15, 0.2) is 24.3 Å². The third-order valence-corrected chi connectivity index (χ3v) is 2.24. The maximum absolute atomic E-state index is 11.3. The Bertz CT molecular complexity index is 408. The second kappa shape index (κ2) is 7.52. The van der Waals surface area contributed by atoms with E-state index in [-0.39, 0.29) is 6.54 Å². The van der Waals surface area contributed by atoms with Gasteiger partial charge in [0.1, 0.15) is 6.54 Å². The number of halogens is 1. The predicted octanol–water partition coefficient (Wildman–Crippen LogP) is 0.817. The van der Waals surface area contributed by atoms with Crippen molar-refractivity contribution in [1.82, 2.24) is 16.1 Å². The van der Waals surface area contributed by atoms with E-state index < -0.39 is 11.9 Å². The monoisotopic (exact) mass is 271 g/mol. The van der Waals surface area contributed by atoms with Crippen LogP contribution in [0.5, 0.6) is 0 Å². The summed E-state index contributed by atoms with van der Waals surface area (Å²) < 4.78 is 0. The molecule has 0 saturated heterocycles. The Labute approximate surface area is 110 Å². The van der Waals surface area contributed by atoms with Crippen molar-refractivity contribution < 1.29 is 14.4 Å². The number of rotatable bonds is 5. The minimum atomic E-state index is -0.434. The molecule has 18 heavy (non-hydrogen) atoms. The molecule has 0 spiro atoms. The molecule has 6 nitrogen and oxygen atoms in total. The molecule has 0 saturated carbocycles. The molecular weight excluding hydrogens is 258 g/mol. The van der Waals surface area contributed by atoms with Crippen LogP contribution in [-0.4, -0.2) is 25.6 Å². The van der Waals surface area contributed by atoms with E-state index in [1.165, 1.54) is 7.11 Å². The molecule has 1 aromatic rings. The summed E-state index contributed by atoms with van der Waals surface area (Å²) in [7, 11) is 1.32. The van der Waals surface area contributed by atoms with Crippen molar-refractivity contribution in [2.75, 3.05) is 13.7 Å². The number of carbonyl (C=O) groups is 2. The minimum absolute atomic E-state index is 0.152. The molecule has 0 bridgehead atoms. The first kappa shape index (κ1) is 14.3. The Balaban J connectivity index is 2.24. The van der Waals surface area contributed by atoms with E-state index in [4.69, 9.17) is 11.6 Å². The molecular formula is C11H14ClN3O3. The van der Waals surface area contributed by atoms with Gasteiger partial charge < -0.3 is 10.6 Å². The van der Waals surface area contributed by atoms with Crippen LogP contribution in [0.2, 0.25) is 5.02 Å². The Morgan fingerprint density at radius 1 is 1.22 bits per heavy atom. The summed E-state index contributed by atoms with van der Waals surface area (Å²) in [5.41, 5.74) is 3.00. The van der Waals surface area contributed by atoms with Crippen LogP contribution in [0.3, 0.4) is 0 Å². The lowest BCUT2D eigenvalue weighted by atomic mass is 10.2. The van der Waals surface area contributed by atoms with Crippen LogP contribution in [0, 0.1) is 0 Å². The highest BCUT2D eigenvalue weighted by Crippen LogP contribution is 2.08. The van der Waals surface area contributed by atoms with Gasteiger partial charge in [0.15, 0.2) is 0 Å². The second-order valence-corrected chi connectivity index (χ2v) is 3.83. The number of hydrogen-bond donors (Lipinski definition) is 3. The van der Waals surface area contributed by atoms with Crippen LogP contribution in [0.4, 0.5) is 4.79 Å². The summed E-state index contributed by atoms with van der Waals surface area (Å²) in [6, 6.07) is 6.65. The van der Waals surface area contributed by atoms with Gasteiger partial charge in [0, 0.05) is 11.6 Å². The minimum Gasteiger partial charge on any atom is -0.334 e. The Morgan fingerprint density at radius 3 is 2.50 bits per heavy atom. The molecule has 0 radical (unpaired) electrons. The van der Waals surface area contributed by atoms with Crippen molar-refractivity contribution in [3.63, 3.8) is 0 Å². The number of benzene rings is 1. The molecule has 0 aromatic heterocycles. The average Bonchev–Trinajstić information content (AvgIpc) is 2.36. The molecule has 0 heterocycles. The first-order chi connectivity index (χ1) is 8.61. The fourth-order valence-electron chi connectivity index (χ4n) is 1.16. The van der Waals surface area contributed by atoms with Crippen molar-refractivity contribution in [1.29, 1.82) is 0 Å². The molecule has 0 fully saturated rings. The van der Waals surface area contributed by atoms with Gasteiger partial charge in [-0.05, 0) is 17.7 Å². The molecule has 3 N–H and O–H groups in total. The smallest absolute Gasteiger partial charge is 0.315 e. The molecule has 0 unspecified atom stereocenters. The molecule has 7 heteroatoms. The van der Waals surface area contributed by atoms with Gasteiger partial charge in [-0.1, -0.05) is 23.7 Å². The SMILES string of the molecule is CONC(=O)CNC(=O)NCc1ccc(Cl)cc1. The van der Waals surface area contributed by atoms with E-state index >= 15 is 0 Å². The summed E-state index contributed by atoms with van der Waals surface area (Å²) in [5.74, 6) is -0.431. The first-order valence-corrected chi connectivity index (χ1v) is 5.57. The maximum Gasteiger partial charge on any atom is 0.315 e. The van der Waals surface area contributed by atoms with Gasteiger partial charge in [-0.25, -0.2) is 10.3 Å². The van der Waals surface area contributed by atoms with Gasteiger partial charge in [0.2, 0.25) is 0 Å². The van der Waals surface area contributed by atoms with E-state index in [0.29, 0.717) is 11.6 Å². The van der Waals surface area contributed by atoms with Crippen molar-refractivity contribution >= 4 is 23.5 Å². The number of carbonyl (C=O) groups excluding carboxylic acids is 2. The molecule has 0 atom stereocenters. The molecule has 1 rings (SSSR count). The summed E-state index contributed by atoms with van der Waals surface area (Å²) in [5, 5.41) is 5.62. The van der Waals surface area contributed by atoms with E-state index in [9.17, 15) is 9.59 Å². The van der Waals surface area contributed by atoms with Crippen LogP contribution in [0.1, 0.15) is 5.56 Å². The highest BCUT2D eigenvalue weighted by atomic mass is 35.5. The number of hydroxylamine groups is 1. The third-order valence-electron chi connectivity index (χ3n) is 1.99. The van der Waals surface area contributed by atoms with Crippen LogP contribution in [0.25, 0.3) is 0 Å². The Morgan fingerprint density at radius 2 is 1.89 bits per heavy atom. The fraction of sp³-hybridized carbons (Fsp3) is 0.273. The maximum atomic E-state index is 11.3. The normalized spacial score (nSPS) is 9.67. The predicted molar refractivity (Wildman–Crippen MR) is 66.8 cm³/mol. The van der Waals surface area contributed by atoms with E-state index in [1.807, 2.05) is 0 Å². The molecule has 0 aliphatic heterocycles. The number of urea groups is 1. The zero-order valence-corrected chi connectivity index (χ0v) is 10.6. The van der Waals surface area contributed by atoms with Crippen molar-refractivity contribution in [2.24, 2.45) is 0 Å². The zero-order valence-electron chi connectivity index (χ0n) is 9.83. The lowest BCUT2D eigenvalue weighted by molar-refractivity contribution is -0.130. The Hall–Kier alpha value is -1.79. The molecule has 1 aromatic carbocycles. The van der Waals surface area contributed by atoms with Gasteiger partial charge >= 0.3 is 6.03 Å². The van der Waals surface area contributed by atoms with E-state index in [0.717, 1.165) is 5.56 Å². The van der Waals surface area contributed by atoms with Gasteiger partial charge in [-0.3, -0.25) is 9.63 Å². The first-order valence-electron chi connectivity index (χ1n) is 5.20. The number of nitrogens with one attached hydrogen (secondary N) is 3. The highest BCUT2D eigenvalue weighted by Gasteiger charge is 2.04. The van der Waals surface area contributed by atoms with Crippen molar-refractivity contribution in [3.05, 3.63) is 34.9 Å². The Kier molecular flexibility index (Phi) is 5.96. The summed E-state index contributed by atoms with van der Waals surface area (Å²) in [4.78, 5) is 26.7. The van der Waals surface area contributed by atoms with Gasteiger partial charge in [0.25, 0.3) is 5.91 Å². The highest BCUT2D eigenvalue weighted by molar-refractivity contribution is 6.30. The van der Waals surface area contributed by atoms with Crippen molar-refractivity contribution in [2.45, 2.75) is 6.54 Å². The topological polar surface area (TPSA) is 79.5 Å². The number of hydrogen-bond acceptors (Lipinski definition) is 3. The van der Waals surface area contributed by atoms with Crippen molar-refractivity contribution in [3.8, 4) is 0 Å². The van der Waals surface area contributed by atoms with Crippen LogP contribution < -0.4 is 16.1 Å². The van der Waals surface area contributed by atoms with Gasteiger partial charge in [-0.2, -0.15) is 0 Å². The van der Waals surface area contributed by atoms with Crippen LogP contribution >= 0.6 is 11.6 Å². The second-order valence-electron chi connectivity index (χ2n) is 3.39. The third kappa shape index (κ3) is 5.51. The largest absolute Gasteiger partial charge is 0.334 e. The lowest BCUT2D eigenvalue weighted by Gasteiger charge is -2.07. The summed E-state index contributed by atoms with van der Waals surface area (Å²) in [6.45, 7) is 0.204. The van der Waals surface area contributed by atoms with Gasteiger partial charge in [-0.15, -0.1) is 0 Å².